The summed E-state index contributed by atoms with van der Waals surface area (Å²) in [4.78, 5) is 4.38. The largest absolute Gasteiger partial charge is 0.381 e. The van der Waals surface area contributed by atoms with E-state index in [9.17, 15) is 0 Å². The molecule has 5 nitrogen and oxygen atoms in total. The van der Waals surface area contributed by atoms with Gasteiger partial charge in [0.1, 0.15) is 0 Å². The van der Waals surface area contributed by atoms with Gasteiger partial charge in [0.25, 0.3) is 0 Å². The van der Waals surface area contributed by atoms with Crippen molar-refractivity contribution in [2.24, 2.45) is 11.1 Å². The van der Waals surface area contributed by atoms with E-state index in [0.717, 1.165) is 18.9 Å². The van der Waals surface area contributed by atoms with Gasteiger partial charge in [-0.2, -0.15) is 4.98 Å². The van der Waals surface area contributed by atoms with E-state index in [2.05, 4.69) is 30.9 Å². The maximum atomic E-state index is 6.06. The number of rotatable bonds is 2. The average molecular weight is 262 g/mol. The second-order valence-electron chi connectivity index (χ2n) is 5.40. The lowest BCUT2D eigenvalue weighted by atomic mass is 9.87. The summed E-state index contributed by atoms with van der Waals surface area (Å²) in [6.45, 7) is 7.63. The van der Waals surface area contributed by atoms with E-state index in [1.807, 2.05) is 0 Å². The van der Waals surface area contributed by atoms with Crippen LogP contribution in [0, 0.1) is 5.41 Å². The van der Waals surface area contributed by atoms with Crippen molar-refractivity contribution in [3.8, 4) is 0 Å². The van der Waals surface area contributed by atoms with E-state index in [1.54, 1.807) is 0 Å². The van der Waals surface area contributed by atoms with Crippen LogP contribution in [0.5, 0.6) is 0 Å². The summed E-state index contributed by atoms with van der Waals surface area (Å²) in [7, 11) is 0. The number of hydrogen-bond acceptors (Lipinski definition) is 5. The lowest BCUT2D eigenvalue weighted by Gasteiger charge is -2.23. The highest BCUT2D eigenvalue weighted by Crippen LogP contribution is 2.30. The summed E-state index contributed by atoms with van der Waals surface area (Å²) in [5.41, 5.74) is 5.98. The fourth-order valence-electron chi connectivity index (χ4n) is 1.65. The number of aromatic nitrogens is 2. The molecule has 1 aromatic heterocycles. The highest BCUT2D eigenvalue weighted by atomic mass is 35.5. The van der Waals surface area contributed by atoms with E-state index >= 15 is 0 Å². The summed E-state index contributed by atoms with van der Waals surface area (Å²) in [5, 5.41) is 3.99. The predicted octanol–water partition coefficient (Wildman–Crippen LogP) is 2.04. The predicted molar refractivity (Wildman–Crippen MR) is 66.1 cm³/mol. The Morgan fingerprint density at radius 2 is 2.12 bits per heavy atom. The van der Waals surface area contributed by atoms with Crippen molar-refractivity contribution in [1.29, 1.82) is 0 Å². The number of nitrogens with zero attached hydrogens (tertiary/aromatic N) is 2. The number of hydrogen-bond donors (Lipinski definition) is 1. The Kier molecular flexibility index (Phi) is 4.52. The first-order valence-corrected chi connectivity index (χ1v) is 5.65. The third-order valence-corrected chi connectivity index (χ3v) is 2.95. The van der Waals surface area contributed by atoms with E-state index in [0.29, 0.717) is 12.5 Å². The molecule has 1 fully saturated rings. The molecule has 2 rings (SSSR count). The van der Waals surface area contributed by atoms with Crippen LogP contribution < -0.4 is 5.73 Å². The molecule has 2 N–H and O–H groups in total. The Bertz CT molecular complexity index is 356. The van der Waals surface area contributed by atoms with Crippen molar-refractivity contribution in [1.82, 2.24) is 10.1 Å². The number of ether oxygens (including phenoxy) is 1. The third kappa shape index (κ3) is 3.18. The van der Waals surface area contributed by atoms with Crippen LogP contribution in [0.15, 0.2) is 4.52 Å². The fourth-order valence-corrected chi connectivity index (χ4v) is 1.65. The first-order chi connectivity index (χ1) is 7.48. The Balaban J connectivity index is 0.00000144. The van der Waals surface area contributed by atoms with Gasteiger partial charge >= 0.3 is 0 Å². The van der Waals surface area contributed by atoms with Crippen molar-refractivity contribution in [2.75, 3.05) is 13.2 Å². The van der Waals surface area contributed by atoms with Crippen molar-refractivity contribution in [3.05, 3.63) is 11.7 Å². The van der Waals surface area contributed by atoms with Gasteiger partial charge in [0.05, 0.1) is 12.6 Å². The van der Waals surface area contributed by atoms with Gasteiger partial charge in [0, 0.05) is 12.5 Å². The van der Waals surface area contributed by atoms with Crippen molar-refractivity contribution in [2.45, 2.75) is 39.2 Å². The van der Waals surface area contributed by atoms with Crippen molar-refractivity contribution in [3.63, 3.8) is 0 Å². The Morgan fingerprint density at radius 3 is 2.65 bits per heavy atom. The van der Waals surface area contributed by atoms with Crippen LogP contribution in [-0.2, 0) is 4.74 Å². The molecule has 6 heteroatoms. The molecule has 0 bridgehead atoms. The molecule has 1 aliphatic rings. The van der Waals surface area contributed by atoms with Crippen molar-refractivity contribution >= 4 is 12.4 Å². The zero-order chi connectivity index (χ0) is 11.8. The van der Waals surface area contributed by atoms with Gasteiger partial charge in [0.2, 0.25) is 5.89 Å². The zero-order valence-corrected chi connectivity index (χ0v) is 11.3. The van der Waals surface area contributed by atoms with Crippen molar-refractivity contribution < 1.29 is 9.26 Å². The summed E-state index contributed by atoms with van der Waals surface area (Å²) >= 11 is 0. The molecule has 1 aromatic rings. The minimum Gasteiger partial charge on any atom is -0.381 e. The number of halogens is 1. The molecule has 2 heterocycles. The van der Waals surface area contributed by atoms with E-state index in [4.69, 9.17) is 15.0 Å². The maximum Gasteiger partial charge on any atom is 0.244 e. The van der Waals surface area contributed by atoms with Crippen LogP contribution in [0.2, 0.25) is 0 Å². The van der Waals surface area contributed by atoms with Gasteiger partial charge in [-0.1, -0.05) is 25.9 Å². The maximum absolute atomic E-state index is 6.06. The van der Waals surface area contributed by atoms with E-state index in [1.165, 1.54) is 0 Å². The molecule has 0 amide bonds. The van der Waals surface area contributed by atoms with Crippen LogP contribution in [-0.4, -0.2) is 23.4 Å². The lowest BCUT2D eigenvalue weighted by Crippen LogP contribution is -2.26. The molecule has 0 aliphatic carbocycles. The second-order valence-corrected chi connectivity index (χ2v) is 5.40. The monoisotopic (exact) mass is 261 g/mol. The van der Waals surface area contributed by atoms with Crippen LogP contribution in [0.25, 0.3) is 0 Å². The van der Waals surface area contributed by atoms with Crippen LogP contribution in [0.3, 0.4) is 0 Å². The first-order valence-electron chi connectivity index (χ1n) is 5.65. The average Bonchev–Trinajstić information content (AvgIpc) is 2.85. The molecule has 1 unspecified atom stereocenters. The van der Waals surface area contributed by atoms with E-state index < -0.39 is 0 Å². The second kappa shape index (κ2) is 5.33. The van der Waals surface area contributed by atoms with Gasteiger partial charge in [-0.15, -0.1) is 12.4 Å². The summed E-state index contributed by atoms with van der Waals surface area (Å²) in [5.74, 6) is 1.52. The van der Waals surface area contributed by atoms with Gasteiger partial charge in [0.15, 0.2) is 5.82 Å². The topological polar surface area (TPSA) is 74.2 Å². The van der Waals surface area contributed by atoms with Gasteiger partial charge in [-0.3, -0.25) is 0 Å². The first kappa shape index (κ1) is 14.4. The van der Waals surface area contributed by atoms with Crippen LogP contribution in [0.1, 0.15) is 50.9 Å². The Hall–Kier alpha value is -0.650. The summed E-state index contributed by atoms with van der Waals surface area (Å²) < 4.78 is 10.5. The molecule has 0 spiro atoms. The molecule has 0 radical (unpaired) electrons. The quantitative estimate of drug-likeness (QED) is 0.882. The molecule has 0 saturated carbocycles. The zero-order valence-electron chi connectivity index (χ0n) is 10.5. The fraction of sp³-hybridized carbons (Fsp3) is 0.818. The molecule has 2 atom stereocenters. The number of nitrogens with two attached hydrogens (primary N) is 1. The molecule has 17 heavy (non-hydrogen) atoms. The van der Waals surface area contributed by atoms with Crippen LogP contribution in [0.4, 0.5) is 0 Å². The molecular weight excluding hydrogens is 242 g/mol. The Morgan fingerprint density at radius 1 is 1.41 bits per heavy atom. The van der Waals surface area contributed by atoms with Gasteiger partial charge in [-0.25, -0.2) is 0 Å². The standard InChI is InChI=1S/C11H19N3O2.ClH/c1-11(2,3)8(12)10-13-9(14-16-10)7-4-5-15-6-7;/h7-8H,4-6,12H2,1-3H3;1H/t7?,8-;/m1./s1. The summed E-state index contributed by atoms with van der Waals surface area (Å²) in [6.07, 6.45) is 0.962. The van der Waals surface area contributed by atoms with Gasteiger partial charge < -0.3 is 15.0 Å². The summed E-state index contributed by atoms with van der Waals surface area (Å²) in [6, 6.07) is -0.226. The minimum atomic E-state index is -0.226. The molecular formula is C11H20ClN3O2. The van der Waals surface area contributed by atoms with Crippen LogP contribution >= 0.6 is 12.4 Å². The highest BCUT2D eigenvalue weighted by Gasteiger charge is 2.30. The minimum absolute atomic E-state index is 0. The lowest BCUT2D eigenvalue weighted by molar-refractivity contribution is 0.192. The Labute approximate surface area is 108 Å². The van der Waals surface area contributed by atoms with E-state index in [-0.39, 0.29) is 29.8 Å². The molecule has 0 aromatic carbocycles. The molecule has 1 saturated heterocycles. The highest BCUT2D eigenvalue weighted by molar-refractivity contribution is 5.85. The SMILES string of the molecule is CC(C)(C)[C@H](N)c1nc(C2CCOC2)no1.Cl. The van der Waals surface area contributed by atoms with Gasteiger partial charge in [-0.05, 0) is 11.8 Å². The third-order valence-electron chi connectivity index (χ3n) is 2.95. The smallest absolute Gasteiger partial charge is 0.244 e. The molecule has 98 valence electrons. The normalized spacial score (nSPS) is 22.2. The molecule has 1 aliphatic heterocycles.